The molecule has 0 fully saturated rings. The van der Waals surface area contributed by atoms with E-state index in [0.29, 0.717) is 5.56 Å². The fourth-order valence-corrected chi connectivity index (χ4v) is 2.26. The van der Waals surface area contributed by atoms with E-state index >= 15 is 0 Å². The highest BCUT2D eigenvalue weighted by atomic mass is 79.9. The lowest BCUT2D eigenvalue weighted by Crippen LogP contribution is -2.15. The average Bonchev–Trinajstić information content (AvgIpc) is 2.48. The predicted octanol–water partition coefficient (Wildman–Crippen LogP) is 4.83. The van der Waals surface area contributed by atoms with Crippen molar-refractivity contribution in [2.75, 3.05) is 17.2 Å². The van der Waals surface area contributed by atoms with Gasteiger partial charge in [-0.25, -0.2) is 0 Å². The smallest absolute Gasteiger partial charge is 0.257 e. The number of halogens is 1. The highest BCUT2D eigenvalue weighted by Gasteiger charge is 2.11. The van der Waals surface area contributed by atoms with Gasteiger partial charge in [0.05, 0.1) is 5.56 Å². The summed E-state index contributed by atoms with van der Waals surface area (Å²) in [6.07, 6.45) is 1.02. The van der Waals surface area contributed by atoms with E-state index in [0.717, 1.165) is 34.4 Å². The first kappa shape index (κ1) is 15.6. The molecule has 1 amide bonds. The lowest BCUT2D eigenvalue weighted by Gasteiger charge is -2.13. The predicted molar refractivity (Wildman–Crippen MR) is 92.1 cm³/mol. The standard InChI is InChI=1S/C17H19BrN2O/c1-3-10-19-16-9-4-12(2)11-15(16)17(21)20-14-7-5-13(18)6-8-14/h4-9,11,19H,3,10H2,1-2H3,(H,20,21). The molecule has 2 aromatic rings. The van der Waals surface area contributed by atoms with Crippen molar-refractivity contribution >= 4 is 33.2 Å². The molecule has 0 saturated carbocycles. The molecule has 0 unspecified atom stereocenters. The summed E-state index contributed by atoms with van der Waals surface area (Å²) in [5.74, 6) is -0.0976. The van der Waals surface area contributed by atoms with Crippen molar-refractivity contribution in [1.82, 2.24) is 0 Å². The van der Waals surface area contributed by atoms with E-state index in [-0.39, 0.29) is 5.91 Å². The molecule has 2 rings (SSSR count). The Kier molecular flexibility index (Phi) is 5.39. The van der Waals surface area contributed by atoms with Crippen LogP contribution in [0.5, 0.6) is 0 Å². The van der Waals surface area contributed by atoms with Crippen LogP contribution >= 0.6 is 15.9 Å². The zero-order chi connectivity index (χ0) is 15.2. The molecule has 0 spiro atoms. The maximum absolute atomic E-state index is 12.5. The topological polar surface area (TPSA) is 41.1 Å². The quantitative estimate of drug-likeness (QED) is 0.813. The van der Waals surface area contributed by atoms with Crippen molar-refractivity contribution in [3.05, 3.63) is 58.1 Å². The van der Waals surface area contributed by atoms with Gasteiger partial charge in [0, 0.05) is 22.4 Å². The molecule has 0 atom stereocenters. The Morgan fingerprint density at radius 2 is 1.86 bits per heavy atom. The lowest BCUT2D eigenvalue weighted by molar-refractivity contribution is 0.102. The van der Waals surface area contributed by atoms with E-state index in [1.54, 1.807) is 0 Å². The first-order valence-corrected chi connectivity index (χ1v) is 7.81. The van der Waals surface area contributed by atoms with Crippen LogP contribution in [0.2, 0.25) is 0 Å². The Morgan fingerprint density at radius 3 is 2.52 bits per heavy atom. The molecular formula is C17H19BrN2O. The van der Waals surface area contributed by atoms with Gasteiger partial charge in [0.1, 0.15) is 0 Å². The number of aryl methyl sites for hydroxylation is 1. The summed E-state index contributed by atoms with van der Waals surface area (Å²) >= 11 is 3.38. The Hall–Kier alpha value is -1.81. The van der Waals surface area contributed by atoms with Crippen LogP contribution in [0.1, 0.15) is 29.3 Å². The van der Waals surface area contributed by atoms with Gasteiger partial charge in [0.25, 0.3) is 5.91 Å². The third-order valence-electron chi connectivity index (χ3n) is 3.09. The van der Waals surface area contributed by atoms with Crippen LogP contribution < -0.4 is 10.6 Å². The Morgan fingerprint density at radius 1 is 1.14 bits per heavy atom. The highest BCUT2D eigenvalue weighted by Crippen LogP contribution is 2.20. The van der Waals surface area contributed by atoms with Crippen LogP contribution in [0.25, 0.3) is 0 Å². The largest absolute Gasteiger partial charge is 0.384 e. The average molecular weight is 347 g/mol. The monoisotopic (exact) mass is 346 g/mol. The van der Waals surface area contributed by atoms with E-state index in [9.17, 15) is 4.79 Å². The molecule has 0 aromatic heterocycles. The van der Waals surface area contributed by atoms with Crippen molar-refractivity contribution in [2.24, 2.45) is 0 Å². The molecule has 110 valence electrons. The van der Waals surface area contributed by atoms with Crippen LogP contribution in [-0.4, -0.2) is 12.5 Å². The van der Waals surface area contributed by atoms with E-state index in [1.807, 2.05) is 49.4 Å². The van der Waals surface area contributed by atoms with Gasteiger partial charge in [-0.3, -0.25) is 4.79 Å². The molecule has 21 heavy (non-hydrogen) atoms. The molecule has 2 N–H and O–H groups in total. The van der Waals surface area contributed by atoms with Crippen molar-refractivity contribution < 1.29 is 4.79 Å². The van der Waals surface area contributed by atoms with Crippen LogP contribution in [-0.2, 0) is 0 Å². The van der Waals surface area contributed by atoms with Gasteiger partial charge in [0.2, 0.25) is 0 Å². The SMILES string of the molecule is CCCNc1ccc(C)cc1C(=O)Nc1ccc(Br)cc1. The number of hydrogen-bond acceptors (Lipinski definition) is 2. The minimum absolute atomic E-state index is 0.0976. The number of hydrogen-bond donors (Lipinski definition) is 2. The molecule has 0 aliphatic carbocycles. The number of anilines is 2. The fourth-order valence-electron chi connectivity index (χ4n) is 1.99. The third kappa shape index (κ3) is 4.33. The van der Waals surface area contributed by atoms with Crippen molar-refractivity contribution in [2.45, 2.75) is 20.3 Å². The summed E-state index contributed by atoms with van der Waals surface area (Å²) in [6.45, 7) is 4.93. The molecule has 2 aromatic carbocycles. The molecule has 0 heterocycles. The van der Waals surface area contributed by atoms with E-state index in [1.165, 1.54) is 0 Å². The summed E-state index contributed by atoms with van der Waals surface area (Å²) < 4.78 is 0.987. The number of amides is 1. The molecule has 0 aliphatic heterocycles. The molecule has 4 heteroatoms. The van der Waals surface area contributed by atoms with E-state index in [2.05, 4.69) is 33.5 Å². The van der Waals surface area contributed by atoms with Gasteiger partial charge in [0.15, 0.2) is 0 Å². The second-order valence-electron chi connectivity index (χ2n) is 4.94. The van der Waals surface area contributed by atoms with Gasteiger partial charge in [-0.15, -0.1) is 0 Å². The number of benzene rings is 2. The van der Waals surface area contributed by atoms with Crippen molar-refractivity contribution in [1.29, 1.82) is 0 Å². The Balaban J connectivity index is 2.20. The molecule has 0 saturated heterocycles. The number of rotatable bonds is 5. The maximum atomic E-state index is 12.5. The molecule has 3 nitrogen and oxygen atoms in total. The van der Waals surface area contributed by atoms with Crippen molar-refractivity contribution in [3.8, 4) is 0 Å². The van der Waals surface area contributed by atoms with E-state index in [4.69, 9.17) is 0 Å². The minimum atomic E-state index is -0.0976. The van der Waals surface area contributed by atoms with Gasteiger partial charge >= 0.3 is 0 Å². The zero-order valence-electron chi connectivity index (χ0n) is 12.2. The van der Waals surface area contributed by atoms with E-state index < -0.39 is 0 Å². The summed E-state index contributed by atoms with van der Waals surface area (Å²) in [5.41, 5.74) is 3.40. The maximum Gasteiger partial charge on any atom is 0.257 e. The highest BCUT2D eigenvalue weighted by molar-refractivity contribution is 9.10. The summed E-state index contributed by atoms with van der Waals surface area (Å²) in [4.78, 5) is 12.5. The normalized spacial score (nSPS) is 10.2. The molecule has 0 aliphatic rings. The minimum Gasteiger partial charge on any atom is -0.384 e. The van der Waals surface area contributed by atoms with Crippen LogP contribution in [0, 0.1) is 6.92 Å². The van der Waals surface area contributed by atoms with Crippen LogP contribution in [0.4, 0.5) is 11.4 Å². The second-order valence-corrected chi connectivity index (χ2v) is 5.85. The second kappa shape index (κ2) is 7.27. The Labute approximate surface area is 133 Å². The van der Waals surface area contributed by atoms with Gasteiger partial charge in [-0.1, -0.05) is 34.5 Å². The Bertz CT molecular complexity index is 623. The van der Waals surface area contributed by atoms with Gasteiger partial charge < -0.3 is 10.6 Å². The molecular weight excluding hydrogens is 328 g/mol. The fraction of sp³-hybridized carbons (Fsp3) is 0.235. The lowest BCUT2D eigenvalue weighted by atomic mass is 10.1. The van der Waals surface area contributed by atoms with Crippen LogP contribution in [0.15, 0.2) is 46.9 Å². The molecule has 0 radical (unpaired) electrons. The first-order valence-electron chi connectivity index (χ1n) is 7.01. The summed E-state index contributed by atoms with van der Waals surface area (Å²) in [6, 6.07) is 13.4. The van der Waals surface area contributed by atoms with Gasteiger partial charge in [-0.05, 0) is 49.7 Å². The summed E-state index contributed by atoms with van der Waals surface area (Å²) in [7, 11) is 0. The number of carbonyl (C=O) groups excluding carboxylic acids is 1. The molecule has 0 bridgehead atoms. The number of nitrogens with one attached hydrogen (secondary N) is 2. The van der Waals surface area contributed by atoms with Crippen LogP contribution in [0.3, 0.4) is 0 Å². The first-order chi connectivity index (χ1) is 10.1. The zero-order valence-corrected chi connectivity index (χ0v) is 13.8. The van der Waals surface area contributed by atoms with Gasteiger partial charge in [-0.2, -0.15) is 0 Å². The summed E-state index contributed by atoms with van der Waals surface area (Å²) in [5, 5.41) is 6.23. The number of carbonyl (C=O) groups is 1. The third-order valence-corrected chi connectivity index (χ3v) is 3.62. The van der Waals surface area contributed by atoms with Crippen molar-refractivity contribution in [3.63, 3.8) is 0 Å².